The Hall–Kier alpha value is -1.85. The molecule has 0 bridgehead atoms. The number of hydrogen-bond acceptors (Lipinski definition) is 4. The molecule has 100 valence electrons. The molecule has 0 aliphatic carbocycles. The molecule has 0 saturated heterocycles. The van der Waals surface area contributed by atoms with Crippen LogP contribution in [0.1, 0.15) is 22.0 Å². The van der Waals surface area contributed by atoms with Crippen LogP contribution in [0.25, 0.3) is 0 Å². The molecular weight excluding hydrogens is 262 g/mol. The second-order valence-electron chi connectivity index (χ2n) is 4.01. The minimum atomic E-state index is -0.752. The van der Waals surface area contributed by atoms with Gasteiger partial charge in [-0.05, 0) is 29.1 Å². The Labute approximate surface area is 115 Å². The number of hydrogen-bond donors (Lipinski definition) is 2. The molecule has 0 saturated carbocycles. The monoisotopic (exact) mass is 277 g/mol. The Morgan fingerprint density at radius 2 is 2.32 bits per heavy atom. The number of amides is 1. The lowest BCUT2D eigenvalue weighted by molar-refractivity contribution is 0.0916. The van der Waals surface area contributed by atoms with Crippen molar-refractivity contribution >= 4 is 17.2 Å². The second-order valence-corrected chi connectivity index (χ2v) is 4.79. The highest BCUT2D eigenvalue weighted by molar-refractivity contribution is 7.08. The van der Waals surface area contributed by atoms with Crippen LogP contribution < -0.4 is 10.1 Å². The molecule has 1 heterocycles. The van der Waals surface area contributed by atoms with Crippen molar-refractivity contribution in [1.82, 2.24) is 5.32 Å². The van der Waals surface area contributed by atoms with E-state index in [0.717, 1.165) is 0 Å². The van der Waals surface area contributed by atoms with E-state index >= 15 is 0 Å². The van der Waals surface area contributed by atoms with E-state index in [4.69, 9.17) is 4.74 Å². The summed E-state index contributed by atoms with van der Waals surface area (Å²) in [6.07, 6.45) is -0.752. The number of thiophene rings is 1. The Balaban J connectivity index is 1.93. The zero-order chi connectivity index (χ0) is 13.7. The van der Waals surface area contributed by atoms with Crippen LogP contribution >= 0.6 is 11.3 Å². The smallest absolute Gasteiger partial charge is 0.252 e. The van der Waals surface area contributed by atoms with Crippen LogP contribution in [0.15, 0.2) is 41.1 Å². The van der Waals surface area contributed by atoms with Gasteiger partial charge in [-0.15, -0.1) is 0 Å². The zero-order valence-electron chi connectivity index (χ0n) is 10.5. The van der Waals surface area contributed by atoms with Crippen LogP contribution in [0, 0.1) is 0 Å². The van der Waals surface area contributed by atoms with Gasteiger partial charge in [0, 0.05) is 17.5 Å². The van der Waals surface area contributed by atoms with Gasteiger partial charge in [0.25, 0.3) is 5.91 Å². The predicted octanol–water partition coefficient (Wildman–Crippen LogP) is 2.22. The van der Waals surface area contributed by atoms with E-state index in [0.29, 0.717) is 16.9 Å². The van der Waals surface area contributed by atoms with Crippen molar-refractivity contribution in [2.24, 2.45) is 0 Å². The van der Waals surface area contributed by atoms with Crippen molar-refractivity contribution in [3.63, 3.8) is 0 Å². The van der Waals surface area contributed by atoms with Crippen molar-refractivity contribution < 1.29 is 14.6 Å². The fourth-order valence-corrected chi connectivity index (χ4v) is 2.29. The van der Waals surface area contributed by atoms with Crippen molar-refractivity contribution in [3.05, 3.63) is 52.2 Å². The number of benzene rings is 1. The second kappa shape index (κ2) is 6.36. The van der Waals surface area contributed by atoms with Crippen LogP contribution in [0.3, 0.4) is 0 Å². The fourth-order valence-electron chi connectivity index (χ4n) is 1.65. The molecule has 2 N–H and O–H groups in total. The number of methoxy groups -OCH3 is 1. The molecule has 0 radical (unpaired) electrons. The number of rotatable bonds is 5. The van der Waals surface area contributed by atoms with Crippen LogP contribution in [0.4, 0.5) is 0 Å². The number of carbonyl (C=O) groups is 1. The van der Waals surface area contributed by atoms with Crippen molar-refractivity contribution in [2.75, 3.05) is 13.7 Å². The van der Waals surface area contributed by atoms with E-state index in [1.165, 1.54) is 11.3 Å². The zero-order valence-corrected chi connectivity index (χ0v) is 11.3. The molecule has 1 aromatic heterocycles. The number of aliphatic hydroxyl groups excluding tert-OH is 1. The van der Waals surface area contributed by atoms with E-state index in [1.54, 1.807) is 42.8 Å². The van der Waals surface area contributed by atoms with Gasteiger partial charge in [0.2, 0.25) is 0 Å². The normalized spacial score (nSPS) is 11.9. The quantitative estimate of drug-likeness (QED) is 0.881. The topological polar surface area (TPSA) is 58.6 Å². The molecule has 1 unspecified atom stereocenters. The maximum absolute atomic E-state index is 11.7. The third-order valence-corrected chi connectivity index (χ3v) is 3.40. The lowest BCUT2D eigenvalue weighted by Crippen LogP contribution is -2.28. The minimum absolute atomic E-state index is 0.168. The Morgan fingerprint density at radius 3 is 3.00 bits per heavy atom. The summed E-state index contributed by atoms with van der Waals surface area (Å²) in [6, 6.07) is 8.90. The van der Waals surface area contributed by atoms with Crippen LogP contribution in [-0.2, 0) is 0 Å². The van der Waals surface area contributed by atoms with Gasteiger partial charge in [0.15, 0.2) is 0 Å². The molecule has 2 rings (SSSR count). The molecule has 19 heavy (non-hydrogen) atoms. The average molecular weight is 277 g/mol. The first-order valence-electron chi connectivity index (χ1n) is 5.83. The van der Waals surface area contributed by atoms with Gasteiger partial charge < -0.3 is 15.2 Å². The average Bonchev–Trinajstić information content (AvgIpc) is 2.98. The Morgan fingerprint density at radius 1 is 1.47 bits per heavy atom. The summed E-state index contributed by atoms with van der Waals surface area (Å²) in [4.78, 5) is 11.7. The summed E-state index contributed by atoms with van der Waals surface area (Å²) in [6.45, 7) is 0.168. The Bertz CT molecular complexity index is 539. The van der Waals surface area contributed by atoms with Crippen molar-refractivity contribution in [2.45, 2.75) is 6.10 Å². The largest absolute Gasteiger partial charge is 0.497 e. The first kappa shape index (κ1) is 13.6. The summed E-state index contributed by atoms with van der Waals surface area (Å²) in [5.41, 5.74) is 1.33. The Kier molecular flexibility index (Phi) is 4.54. The van der Waals surface area contributed by atoms with E-state index in [-0.39, 0.29) is 12.5 Å². The molecule has 1 aromatic carbocycles. The van der Waals surface area contributed by atoms with E-state index in [2.05, 4.69) is 5.32 Å². The highest BCUT2D eigenvalue weighted by Gasteiger charge is 2.11. The minimum Gasteiger partial charge on any atom is -0.497 e. The van der Waals surface area contributed by atoms with Crippen LogP contribution in [0.2, 0.25) is 0 Å². The molecule has 0 aliphatic heterocycles. The van der Waals surface area contributed by atoms with Gasteiger partial charge >= 0.3 is 0 Å². The fraction of sp³-hybridized carbons (Fsp3) is 0.214. The molecule has 0 fully saturated rings. The number of aliphatic hydroxyl groups is 1. The molecule has 0 spiro atoms. The standard InChI is InChI=1S/C14H15NO3S/c1-18-12-4-2-3-10(7-12)13(16)8-15-14(17)11-5-6-19-9-11/h2-7,9,13,16H,8H2,1H3,(H,15,17). The van der Waals surface area contributed by atoms with Crippen molar-refractivity contribution in [3.8, 4) is 5.75 Å². The molecule has 1 amide bonds. The van der Waals surface area contributed by atoms with Crippen LogP contribution in [0.5, 0.6) is 5.75 Å². The summed E-state index contributed by atoms with van der Waals surface area (Å²) in [5, 5.41) is 16.3. The van der Waals surface area contributed by atoms with Crippen LogP contribution in [-0.4, -0.2) is 24.7 Å². The third-order valence-electron chi connectivity index (χ3n) is 2.72. The van der Waals surface area contributed by atoms with Gasteiger partial charge in [-0.25, -0.2) is 0 Å². The highest BCUT2D eigenvalue weighted by Crippen LogP contribution is 2.18. The highest BCUT2D eigenvalue weighted by atomic mass is 32.1. The molecule has 1 atom stereocenters. The third kappa shape index (κ3) is 3.56. The van der Waals surface area contributed by atoms with Gasteiger partial charge in [-0.2, -0.15) is 11.3 Å². The van der Waals surface area contributed by atoms with Gasteiger partial charge in [-0.3, -0.25) is 4.79 Å². The molecule has 4 nitrogen and oxygen atoms in total. The molecule has 5 heteroatoms. The number of nitrogens with one attached hydrogen (secondary N) is 1. The number of ether oxygens (including phenoxy) is 1. The summed E-state index contributed by atoms with van der Waals surface area (Å²) in [5.74, 6) is 0.504. The van der Waals surface area contributed by atoms with E-state index in [9.17, 15) is 9.90 Å². The number of carbonyl (C=O) groups excluding carboxylic acids is 1. The van der Waals surface area contributed by atoms with Gasteiger partial charge in [-0.1, -0.05) is 12.1 Å². The first-order valence-corrected chi connectivity index (χ1v) is 6.77. The molecule has 0 aliphatic rings. The first-order chi connectivity index (χ1) is 9.20. The summed E-state index contributed by atoms with van der Waals surface area (Å²) >= 11 is 1.46. The summed E-state index contributed by atoms with van der Waals surface area (Å²) < 4.78 is 5.09. The van der Waals surface area contributed by atoms with Gasteiger partial charge in [0.05, 0.1) is 13.2 Å². The molecule has 2 aromatic rings. The van der Waals surface area contributed by atoms with E-state index < -0.39 is 6.10 Å². The summed E-state index contributed by atoms with van der Waals surface area (Å²) in [7, 11) is 1.57. The predicted molar refractivity (Wildman–Crippen MR) is 74.6 cm³/mol. The SMILES string of the molecule is COc1cccc(C(O)CNC(=O)c2ccsc2)c1. The maximum Gasteiger partial charge on any atom is 0.252 e. The maximum atomic E-state index is 11.7. The lowest BCUT2D eigenvalue weighted by atomic mass is 10.1. The lowest BCUT2D eigenvalue weighted by Gasteiger charge is -2.12. The van der Waals surface area contributed by atoms with Gasteiger partial charge in [0.1, 0.15) is 5.75 Å². The molecular formula is C14H15NO3S. The van der Waals surface area contributed by atoms with E-state index in [1.807, 2.05) is 5.38 Å². The van der Waals surface area contributed by atoms with Crippen molar-refractivity contribution in [1.29, 1.82) is 0 Å².